The largest absolute Gasteiger partial charge is 0.493 e. The highest BCUT2D eigenvalue weighted by Gasteiger charge is 2.28. The highest BCUT2D eigenvalue weighted by Crippen LogP contribution is 2.36. The number of nitrogens with zero attached hydrogens (tertiary/aromatic N) is 4. The van der Waals surface area contributed by atoms with Crippen molar-refractivity contribution in [1.82, 2.24) is 25.5 Å². The SMILES string of the molecule is COc1ccc(CCNC(=O)Nc2cccc(-c3nnnn3C3CC3)c2)cc1OC. The van der Waals surface area contributed by atoms with E-state index in [0.29, 0.717) is 36.2 Å². The van der Waals surface area contributed by atoms with Crippen molar-refractivity contribution < 1.29 is 14.3 Å². The van der Waals surface area contributed by atoms with Crippen molar-refractivity contribution in [3.63, 3.8) is 0 Å². The van der Waals surface area contributed by atoms with Crippen LogP contribution >= 0.6 is 0 Å². The summed E-state index contributed by atoms with van der Waals surface area (Å²) in [6.45, 7) is 0.487. The molecular weight excluding hydrogens is 384 g/mol. The van der Waals surface area contributed by atoms with Gasteiger partial charge in [-0.3, -0.25) is 0 Å². The fourth-order valence-electron chi connectivity index (χ4n) is 3.22. The fourth-order valence-corrected chi connectivity index (χ4v) is 3.22. The lowest BCUT2D eigenvalue weighted by molar-refractivity contribution is 0.252. The van der Waals surface area contributed by atoms with E-state index in [1.807, 2.05) is 47.1 Å². The van der Waals surface area contributed by atoms with E-state index in [4.69, 9.17) is 9.47 Å². The van der Waals surface area contributed by atoms with E-state index in [-0.39, 0.29) is 6.03 Å². The molecular formula is C21H24N6O3. The minimum atomic E-state index is -0.269. The molecule has 0 atom stereocenters. The molecule has 0 aliphatic heterocycles. The normalized spacial score (nSPS) is 13.0. The van der Waals surface area contributed by atoms with Gasteiger partial charge in [0.2, 0.25) is 0 Å². The Morgan fingerprint density at radius 2 is 1.97 bits per heavy atom. The van der Waals surface area contributed by atoms with Gasteiger partial charge >= 0.3 is 6.03 Å². The number of tetrazole rings is 1. The number of anilines is 1. The first-order valence-corrected chi connectivity index (χ1v) is 9.82. The molecule has 1 aliphatic rings. The molecule has 0 unspecified atom stereocenters. The second kappa shape index (κ2) is 8.81. The van der Waals surface area contributed by atoms with Crippen LogP contribution in [0.2, 0.25) is 0 Å². The number of rotatable bonds is 8. The van der Waals surface area contributed by atoms with Crippen molar-refractivity contribution in [2.45, 2.75) is 25.3 Å². The molecule has 3 aromatic rings. The molecule has 4 rings (SSSR count). The molecule has 2 aromatic carbocycles. The Morgan fingerprint density at radius 3 is 2.73 bits per heavy atom. The van der Waals surface area contributed by atoms with Gasteiger partial charge in [-0.15, -0.1) is 5.10 Å². The smallest absolute Gasteiger partial charge is 0.319 e. The van der Waals surface area contributed by atoms with E-state index in [2.05, 4.69) is 26.2 Å². The molecule has 1 aromatic heterocycles. The summed E-state index contributed by atoms with van der Waals surface area (Å²) < 4.78 is 12.4. The van der Waals surface area contributed by atoms with E-state index in [1.54, 1.807) is 14.2 Å². The zero-order valence-corrected chi connectivity index (χ0v) is 17.0. The Balaban J connectivity index is 1.33. The van der Waals surface area contributed by atoms with Crippen LogP contribution in [0.4, 0.5) is 10.5 Å². The Morgan fingerprint density at radius 1 is 1.13 bits per heavy atom. The van der Waals surface area contributed by atoms with Crippen LogP contribution in [0.25, 0.3) is 11.4 Å². The maximum absolute atomic E-state index is 12.3. The Labute approximate surface area is 174 Å². The number of methoxy groups -OCH3 is 2. The summed E-state index contributed by atoms with van der Waals surface area (Å²) >= 11 is 0. The lowest BCUT2D eigenvalue weighted by Gasteiger charge is -2.11. The highest BCUT2D eigenvalue weighted by molar-refractivity contribution is 5.89. The van der Waals surface area contributed by atoms with Gasteiger partial charge in [-0.2, -0.15) is 0 Å². The topological polar surface area (TPSA) is 103 Å². The molecule has 1 fully saturated rings. The molecule has 30 heavy (non-hydrogen) atoms. The molecule has 9 heteroatoms. The Hall–Kier alpha value is -3.62. The molecule has 156 valence electrons. The van der Waals surface area contributed by atoms with Gasteiger partial charge in [-0.1, -0.05) is 18.2 Å². The van der Waals surface area contributed by atoms with Crippen molar-refractivity contribution in [1.29, 1.82) is 0 Å². The van der Waals surface area contributed by atoms with Gasteiger partial charge in [0.1, 0.15) is 0 Å². The third-order valence-corrected chi connectivity index (χ3v) is 4.91. The zero-order valence-electron chi connectivity index (χ0n) is 17.0. The maximum Gasteiger partial charge on any atom is 0.319 e. The predicted octanol–water partition coefficient (Wildman–Crippen LogP) is 3.06. The average molecular weight is 408 g/mol. The van der Waals surface area contributed by atoms with Gasteiger partial charge in [-0.25, -0.2) is 9.48 Å². The van der Waals surface area contributed by atoms with Crippen molar-refractivity contribution in [2.75, 3.05) is 26.1 Å². The highest BCUT2D eigenvalue weighted by atomic mass is 16.5. The van der Waals surface area contributed by atoms with Crippen LogP contribution < -0.4 is 20.1 Å². The van der Waals surface area contributed by atoms with Crippen LogP contribution in [-0.2, 0) is 6.42 Å². The van der Waals surface area contributed by atoms with Gasteiger partial charge in [0.25, 0.3) is 0 Å². The van der Waals surface area contributed by atoms with Crippen molar-refractivity contribution >= 4 is 11.7 Å². The number of urea groups is 1. The molecule has 9 nitrogen and oxygen atoms in total. The van der Waals surface area contributed by atoms with Crippen LogP contribution in [0.15, 0.2) is 42.5 Å². The van der Waals surface area contributed by atoms with Gasteiger partial charge in [0.15, 0.2) is 17.3 Å². The van der Waals surface area contributed by atoms with Crippen LogP contribution in [0.5, 0.6) is 11.5 Å². The summed E-state index contributed by atoms with van der Waals surface area (Å²) in [4.78, 5) is 12.3. The maximum atomic E-state index is 12.3. The first-order chi connectivity index (χ1) is 14.7. The number of carbonyl (C=O) groups excluding carboxylic acids is 1. The van der Waals surface area contributed by atoms with E-state index in [9.17, 15) is 4.79 Å². The number of ether oxygens (including phenoxy) is 2. The molecule has 2 N–H and O–H groups in total. The standard InChI is InChI=1S/C21H24N6O3/c1-29-18-9-6-14(12-19(18)30-2)10-11-22-21(28)23-16-5-3-4-15(13-16)20-24-25-26-27(20)17-7-8-17/h3-6,9,12-13,17H,7-8,10-11H2,1-2H3,(H2,22,23,28). The molecule has 0 spiro atoms. The molecule has 1 saturated carbocycles. The zero-order chi connectivity index (χ0) is 20.9. The second-order valence-electron chi connectivity index (χ2n) is 7.08. The lowest BCUT2D eigenvalue weighted by Crippen LogP contribution is -2.30. The predicted molar refractivity (Wildman–Crippen MR) is 112 cm³/mol. The van der Waals surface area contributed by atoms with Crippen LogP contribution in [0.1, 0.15) is 24.4 Å². The Kier molecular flexibility index (Phi) is 5.78. The Bertz CT molecular complexity index is 1030. The minimum absolute atomic E-state index is 0.269. The number of carbonyl (C=O) groups is 1. The number of aromatic nitrogens is 4. The van der Waals surface area contributed by atoms with Crippen molar-refractivity contribution in [3.05, 3.63) is 48.0 Å². The van der Waals surface area contributed by atoms with E-state index >= 15 is 0 Å². The van der Waals surface area contributed by atoms with Gasteiger partial charge in [-0.05, 0) is 59.5 Å². The first kappa shape index (κ1) is 19.7. The van der Waals surface area contributed by atoms with E-state index < -0.39 is 0 Å². The minimum Gasteiger partial charge on any atom is -0.493 e. The van der Waals surface area contributed by atoms with Gasteiger partial charge in [0.05, 0.1) is 20.3 Å². The van der Waals surface area contributed by atoms with Crippen LogP contribution in [0, 0.1) is 0 Å². The summed E-state index contributed by atoms with van der Waals surface area (Å²) in [7, 11) is 3.20. The summed E-state index contributed by atoms with van der Waals surface area (Å²) in [5, 5.41) is 17.7. The monoisotopic (exact) mass is 408 g/mol. The molecule has 0 saturated heterocycles. The lowest BCUT2D eigenvalue weighted by atomic mass is 10.1. The van der Waals surface area contributed by atoms with Gasteiger partial charge in [0, 0.05) is 17.8 Å². The third kappa shape index (κ3) is 4.51. The van der Waals surface area contributed by atoms with Crippen molar-refractivity contribution in [2.24, 2.45) is 0 Å². The number of hydrogen-bond acceptors (Lipinski definition) is 6. The molecule has 2 amide bonds. The van der Waals surface area contributed by atoms with Crippen LogP contribution in [-0.4, -0.2) is 47.0 Å². The third-order valence-electron chi connectivity index (χ3n) is 4.91. The second-order valence-corrected chi connectivity index (χ2v) is 7.08. The average Bonchev–Trinajstić information content (AvgIpc) is 3.49. The molecule has 0 bridgehead atoms. The molecule has 1 heterocycles. The fraction of sp³-hybridized carbons (Fsp3) is 0.333. The summed E-state index contributed by atoms with van der Waals surface area (Å²) in [6, 6.07) is 13.3. The number of benzene rings is 2. The van der Waals surface area contributed by atoms with Gasteiger partial charge < -0.3 is 20.1 Å². The quantitative estimate of drug-likeness (QED) is 0.594. The summed E-state index contributed by atoms with van der Waals surface area (Å²) in [5.74, 6) is 2.07. The van der Waals surface area contributed by atoms with Crippen LogP contribution in [0.3, 0.4) is 0 Å². The summed E-state index contributed by atoms with van der Waals surface area (Å²) in [5.41, 5.74) is 2.60. The van der Waals surface area contributed by atoms with E-state index in [0.717, 1.165) is 29.8 Å². The van der Waals surface area contributed by atoms with Crippen molar-refractivity contribution in [3.8, 4) is 22.9 Å². The molecule has 0 radical (unpaired) electrons. The number of hydrogen-bond donors (Lipinski definition) is 2. The number of nitrogens with one attached hydrogen (secondary N) is 2. The van der Waals surface area contributed by atoms with E-state index in [1.165, 1.54) is 0 Å². The number of amides is 2. The summed E-state index contributed by atoms with van der Waals surface area (Å²) in [6.07, 6.45) is 2.86. The first-order valence-electron chi connectivity index (χ1n) is 9.82. The molecule has 1 aliphatic carbocycles.